The Labute approximate surface area is 153 Å². The van der Waals surface area contributed by atoms with E-state index in [9.17, 15) is 0 Å². The Morgan fingerprint density at radius 3 is 1.59 bits per heavy atom. The van der Waals surface area contributed by atoms with Crippen LogP contribution in [0.1, 0.15) is 77.3 Å². The molecule has 0 radical (unpaired) electrons. The summed E-state index contributed by atoms with van der Waals surface area (Å²) < 4.78 is 1.36. The van der Waals surface area contributed by atoms with Crippen molar-refractivity contribution in [2.45, 2.75) is 89.9 Å². The largest absolute Gasteiger partial charge is 0.0654 e. The van der Waals surface area contributed by atoms with Gasteiger partial charge in [0.1, 0.15) is 0 Å². The van der Waals surface area contributed by atoms with Gasteiger partial charge in [-0.25, -0.2) is 0 Å². The number of hydrogen-bond acceptors (Lipinski definition) is 0. The number of unbranched alkanes of at least 4 members (excludes halogenated alkanes) is 3. The molecule has 0 aromatic heterocycles. The van der Waals surface area contributed by atoms with Crippen molar-refractivity contribution in [3.8, 4) is 0 Å². The average molecular weight is 430 g/mol. The predicted molar refractivity (Wildman–Crippen MR) is 112 cm³/mol. The molecule has 0 N–H and O–H groups in total. The standard InChI is InChI=1S/C20H35ISi/c1-5-8-15-22(16-9-6-2,17-10-7-3)18(4)19-11-13-20(21)14-12-19/h11-14,18H,5-10,15-17H2,1-4H3. The number of benzene rings is 1. The van der Waals surface area contributed by atoms with Crippen molar-refractivity contribution in [1.29, 1.82) is 0 Å². The van der Waals surface area contributed by atoms with Crippen LogP contribution in [-0.4, -0.2) is 8.07 Å². The van der Waals surface area contributed by atoms with Crippen LogP contribution in [0.3, 0.4) is 0 Å². The van der Waals surface area contributed by atoms with Gasteiger partial charge in [0.05, 0.1) is 8.07 Å². The van der Waals surface area contributed by atoms with Crippen molar-refractivity contribution in [2.24, 2.45) is 0 Å². The van der Waals surface area contributed by atoms with E-state index in [1.54, 1.807) is 5.56 Å². The van der Waals surface area contributed by atoms with Crippen molar-refractivity contribution in [1.82, 2.24) is 0 Å². The van der Waals surface area contributed by atoms with Gasteiger partial charge < -0.3 is 0 Å². The summed E-state index contributed by atoms with van der Waals surface area (Å²) in [4.78, 5) is 0. The van der Waals surface area contributed by atoms with E-state index in [0.29, 0.717) is 0 Å². The van der Waals surface area contributed by atoms with Gasteiger partial charge in [0.25, 0.3) is 0 Å². The van der Waals surface area contributed by atoms with Gasteiger partial charge in [-0.1, -0.05) is 96.5 Å². The molecule has 0 saturated heterocycles. The van der Waals surface area contributed by atoms with Crippen LogP contribution < -0.4 is 0 Å². The zero-order valence-corrected chi connectivity index (χ0v) is 18.3. The van der Waals surface area contributed by atoms with E-state index in [0.717, 1.165) is 5.54 Å². The Hall–Kier alpha value is 0.167. The molecule has 0 nitrogen and oxygen atoms in total. The normalized spacial score (nSPS) is 13.3. The highest BCUT2D eigenvalue weighted by Crippen LogP contribution is 2.40. The molecule has 0 amide bonds. The van der Waals surface area contributed by atoms with Crippen LogP contribution in [0.5, 0.6) is 0 Å². The van der Waals surface area contributed by atoms with E-state index >= 15 is 0 Å². The highest BCUT2D eigenvalue weighted by Gasteiger charge is 2.37. The van der Waals surface area contributed by atoms with Crippen molar-refractivity contribution in [2.75, 3.05) is 0 Å². The molecule has 0 saturated carbocycles. The smallest absolute Gasteiger partial charge is 0.0609 e. The lowest BCUT2D eigenvalue weighted by Crippen LogP contribution is -2.40. The van der Waals surface area contributed by atoms with Gasteiger partial charge >= 0.3 is 0 Å². The van der Waals surface area contributed by atoms with E-state index in [2.05, 4.69) is 74.6 Å². The fourth-order valence-electron chi connectivity index (χ4n) is 3.72. The van der Waals surface area contributed by atoms with Gasteiger partial charge in [-0.15, -0.1) is 0 Å². The monoisotopic (exact) mass is 430 g/mol. The molecule has 0 spiro atoms. The Balaban J connectivity index is 3.03. The highest BCUT2D eigenvalue weighted by atomic mass is 127. The summed E-state index contributed by atoms with van der Waals surface area (Å²) in [6, 6.07) is 14.0. The highest BCUT2D eigenvalue weighted by molar-refractivity contribution is 14.1. The lowest BCUT2D eigenvalue weighted by molar-refractivity contribution is 0.761. The summed E-state index contributed by atoms with van der Waals surface area (Å²) in [5.41, 5.74) is 2.42. The Morgan fingerprint density at radius 1 is 0.818 bits per heavy atom. The van der Waals surface area contributed by atoms with Crippen LogP contribution in [0.2, 0.25) is 18.1 Å². The SMILES string of the molecule is CCCC[Si](CCCC)(CCCC)C(C)c1ccc(I)cc1. The molecular weight excluding hydrogens is 395 g/mol. The summed E-state index contributed by atoms with van der Waals surface area (Å²) >= 11 is 2.42. The third kappa shape index (κ3) is 5.99. The zero-order chi connectivity index (χ0) is 16.4. The zero-order valence-electron chi connectivity index (χ0n) is 15.1. The third-order valence-corrected chi connectivity index (χ3v) is 12.3. The first kappa shape index (κ1) is 20.2. The first-order valence-electron chi connectivity index (χ1n) is 9.35. The van der Waals surface area contributed by atoms with Gasteiger partial charge in [-0.2, -0.15) is 0 Å². The van der Waals surface area contributed by atoms with Gasteiger partial charge in [-0.05, 0) is 45.8 Å². The summed E-state index contributed by atoms with van der Waals surface area (Å²) in [7, 11) is -1.22. The van der Waals surface area contributed by atoms with Crippen molar-refractivity contribution in [3.63, 3.8) is 0 Å². The lowest BCUT2D eigenvalue weighted by atomic mass is 10.2. The van der Waals surface area contributed by atoms with E-state index < -0.39 is 8.07 Å². The van der Waals surface area contributed by atoms with Crippen LogP contribution in [0.15, 0.2) is 24.3 Å². The van der Waals surface area contributed by atoms with Crippen LogP contribution in [0.4, 0.5) is 0 Å². The van der Waals surface area contributed by atoms with Crippen LogP contribution in [0, 0.1) is 3.57 Å². The maximum absolute atomic E-state index is 2.55. The molecule has 1 unspecified atom stereocenters. The first-order chi connectivity index (χ1) is 10.6. The molecule has 22 heavy (non-hydrogen) atoms. The Morgan fingerprint density at radius 2 is 1.23 bits per heavy atom. The first-order valence-corrected chi connectivity index (χ1v) is 13.1. The van der Waals surface area contributed by atoms with Crippen molar-refractivity contribution >= 4 is 30.7 Å². The summed E-state index contributed by atoms with van der Waals surface area (Å²) in [5.74, 6) is 0. The summed E-state index contributed by atoms with van der Waals surface area (Å²) in [6.07, 6.45) is 8.38. The van der Waals surface area contributed by atoms with E-state index in [1.807, 2.05) is 0 Å². The molecule has 2 heteroatoms. The molecule has 126 valence electrons. The second-order valence-corrected chi connectivity index (χ2v) is 13.3. The molecule has 1 atom stereocenters. The third-order valence-electron chi connectivity index (χ3n) is 5.37. The van der Waals surface area contributed by atoms with Gasteiger partial charge in [-0.3, -0.25) is 0 Å². The molecule has 1 aromatic carbocycles. The fourth-order valence-corrected chi connectivity index (χ4v) is 10.2. The minimum Gasteiger partial charge on any atom is -0.0654 e. The summed E-state index contributed by atoms with van der Waals surface area (Å²) in [6.45, 7) is 9.62. The number of rotatable bonds is 11. The molecule has 0 aliphatic rings. The molecule has 0 fully saturated rings. The second-order valence-electron chi connectivity index (χ2n) is 6.95. The Bertz CT molecular complexity index is 377. The van der Waals surface area contributed by atoms with E-state index in [1.165, 1.54) is 60.2 Å². The maximum Gasteiger partial charge on any atom is 0.0609 e. The minimum atomic E-state index is -1.22. The van der Waals surface area contributed by atoms with Crippen molar-refractivity contribution < 1.29 is 0 Å². The quantitative estimate of drug-likeness (QED) is 0.248. The molecule has 1 aromatic rings. The molecule has 0 heterocycles. The van der Waals surface area contributed by atoms with Gasteiger partial charge in [0.2, 0.25) is 0 Å². The molecule has 0 aliphatic heterocycles. The van der Waals surface area contributed by atoms with Crippen LogP contribution in [-0.2, 0) is 0 Å². The maximum atomic E-state index is 2.55. The molecule has 1 rings (SSSR count). The number of halogens is 1. The fraction of sp³-hybridized carbons (Fsp3) is 0.700. The molecule has 0 bridgehead atoms. The summed E-state index contributed by atoms with van der Waals surface area (Å²) in [5, 5.41) is 0. The molecule has 0 aliphatic carbocycles. The predicted octanol–water partition coefficient (Wildman–Crippen LogP) is 7.78. The van der Waals surface area contributed by atoms with Crippen LogP contribution >= 0.6 is 22.6 Å². The minimum absolute atomic E-state index is 0.814. The second kappa shape index (κ2) is 10.9. The van der Waals surface area contributed by atoms with Gasteiger partial charge in [0, 0.05) is 3.57 Å². The topological polar surface area (TPSA) is 0 Å². The van der Waals surface area contributed by atoms with Crippen molar-refractivity contribution in [3.05, 3.63) is 33.4 Å². The average Bonchev–Trinajstić information content (AvgIpc) is 2.54. The van der Waals surface area contributed by atoms with Gasteiger partial charge in [0.15, 0.2) is 0 Å². The van der Waals surface area contributed by atoms with Crippen LogP contribution in [0.25, 0.3) is 0 Å². The molecular formula is C20H35ISi. The lowest BCUT2D eigenvalue weighted by Gasteiger charge is -2.38. The number of hydrogen-bond donors (Lipinski definition) is 0. The van der Waals surface area contributed by atoms with E-state index in [4.69, 9.17) is 0 Å². The van der Waals surface area contributed by atoms with E-state index in [-0.39, 0.29) is 0 Å². The Kier molecular flexibility index (Phi) is 9.97.